The number of benzene rings is 1. The van der Waals surface area contributed by atoms with Crippen LogP contribution in [0.1, 0.15) is 18.4 Å². The lowest BCUT2D eigenvalue weighted by atomic mass is 9.90. The van der Waals surface area contributed by atoms with Gasteiger partial charge in [0.15, 0.2) is 0 Å². The van der Waals surface area contributed by atoms with Gasteiger partial charge < -0.3 is 0 Å². The van der Waals surface area contributed by atoms with Crippen LogP contribution in [0, 0.1) is 0 Å². The highest BCUT2D eigenvalue weighted by Crippen LogP contribution is 2.32. The Kier molecular flexibility index (Phi) is 4.36. The molecule has 1 aromatic rings. The maximum Gasteiger partial charge on any atom is 0.0697 e. The second-order valence-electron chi connectivity index (χ2n) is 8.12. The van der Waals surface area contributed by atoms with Gasteiger partial charge in [0.25, 0.3) is 0 Å². The Hall–Kier alpha value is -4.18. The molecule has 5 aliphatic heterocycles. The standard InChI is InChI=1S/C28H20N4/c1-18(19-5-3-2-4-6-19)27-16-26-15-24-10-9-22(30-24)13-20-7-8-21(29-20)14-23-11-12-25(31-23)17-28(27)32-26/h2-18H,1H3. The average molecular weight is 412 g/mol. The van der Waals surface area contributed by atoms with Crippen molar-refractivity contribution >= 4 is 22.8 Å². The summed E-state index contributed by atoms with van der Waals surface area (Å²) in [5, 5.41) is 0. The fourth-order valence-electron chi connectivity index (χ4n) is 4.19. The SMILES string of the molecule is CC(C1=CC2=CC3=NC(=CC4=NC(=CC5=NC(=CC1=N2)C=C5)C=C4)C=C3)c1ccccc1. The van der Waals surface area contributed by atoms with E-state index in [1.165, 1.54) is 11.1 Å². The molecule has 4 nitrogen and oxygen atoms in total. The maximum atomic E-state index is 4.94. The van der Waals surface area contributed by atoms with Crippen LogP contribution in [0.25, 0.3) is 0 Å². The third-order valence-corrected chi connectivity index (χ3v) is 5.84. The molecule has 0 spiro atoms. The Morgan fingerprint density at radius 2 is 1.06 bits per heavy atom. The highest BCUT2D eigenvalue weighted by molar-refractivity contribution is 6.16. The lowest BCUT2D eigenvalue weighted by Gasteiger charge is -2.14. The van der Waals surface area contributed by atoms with E-state index in [9.17, 15) is 0 Å². The lowest BCUT2D eigenvalue weighted by Crippen LogP contribution is -2.05. The molecule has 0 fully saturated rings. The Bertz CT molecular complexity index is 1390. The molecule has 0 aliphatic carbocycles. The summed E-state index contributed by atoms with van der Waals surface area (Å²) in [4.78, 5) is 19.1. The zero-order valence-electron chi connectivity index (χ0n) is 17.6. The number of rotatable bonds is 2. The molecule has 1 atom stereocenters. The summed E-state index contributed by atoms with van der Waals surface area (Å²) in [6.07, 6.45) is 22.3. The first-order chi connectivity index (χ1) is 15.7. The van der Waals surface area contributed by atoms with Gasteiger partial charge in [-0.05, 0) is 78.0 Å². The Balaban J connectivity index is 1.47. The van der Waals surface area contributed by atoms with Gasteiger partial charge in [-0.3, -0.25) is 0 Å². The molecule has 1 unspecified atom stereocenters. The highest BCUT2D eigenvalue weighted by atomic mass is 14.8. The van der Waals surface area contributed by atoms with E-state index in [-0.39, 0.29) is 5.92 Å². The van der Waals surface area contributed by atoms with Gasteiger partial charge >= 0.3 is 0 Å². The van der Waals surface area contributed by atoms with E-state index in [1.807, 2.05) is 60.8 Å². The van der Waals surface area contributed by atoms with E-state index in [0.29, 0.717) is 0 Å². The van der Waals surface area contributed by atoms with Crippen LogP contribution >= 0.6 is 0 Å². The molecule has 0 saturated heterocycles. The van der Waals surface area contributed by atoms with E-state index >= 15 is 0 Å². The van der Waals surface area contributed by atoms with Crippen LogP contribution < -0.4 is 0 Å². The molecule has 32 heavy (non-hydrogen) atoms. The molecule has 0 N–H and O–H groups in total. The smallest absolute Gasteiger partial charge is 0.0697 e. The van der Waals surface area contributed by atoms with Crippen LogP contribution in [-0.2, 0) is 0 Å². The summed E-state index contributed by atoms with van der Waals surface area (Å²) in [5.74, 6) is 0.211. The number of nitrogens with zero attached hydrogens (tertiary/aromatic N) is 4. The molecule has 6 rings (SSSR count). The lowest BCUT2D eigenvalue weighted by molar-refractivity contribution is 0.939. The van der Waals surface area contributed by atoms with Crippen molar-refractivity contribution in [3.63, 3.8) is 0 Å². The predicted molar refractivity (Wildman–Crippen MR) is 132 cm³/mol. The zero-order chi connectivity index (χ0) is 21.5. The van der Waals surface area contributed by atoms with E-state index < -0.39 is 0 Å². The van der Waals surface area contributed by atoms with Gasteiger partial charge in [0.1, 0.15) is 0 Å². The summed E-state index contributed by atoms with van der Waals surface area (Å²) in [6.45, 7) is 2.22. The minimum atomic E-state index is 0.211. The Morgan fingerprint density at radius 3 is 1.66 bits per heavy atom. The summed E-state index contributed by atoms with van der Waals surface area (Å²) in [6, 6.07) is 10.5. The van der Waals surface area contributed by atoms with Gasteiger partial charge in [-0.1, -0.05) is 37.3 Å². The van der Waals surface area contributed by atoms with Gasteiger partial charge in [0.05, 0.1) is 45.6 Å². The van der Waals surface area contributed by atoms with Gasteiger partial charge in [0, 0.05) is 5.92 Å². The van der Waals surface area contributed by atoms with Crippen molar-refractivity contribution in [1.82, 2.24) is 0 Å². The normalized spacial score (nSPS) is 21.2. The largest absolute Gasteiger partial charge is 0.249 e. The third kappa shape index (κ3) is 3.56. The van der Waals surface area contributed by atoms with Crippen molar-refractivity contribution in [3.05, 3.63) is 131 Å². The Labute approximate surface area is 186 Å². The van der Waals surface area contributed by atoms with Crippen molar-refractivity contribution in [2.75, 3.05) is 0 Å². The molecular weight excluding hydrogens is 392 g/mol. The van der Waals surface area contributed by atoms with Gasteiger partial charge in [-0.25, -0.2) is 20.0 Å². The first-order valence-corrected chi connectivity index (χ1v) is 10.7. The molecule has 8 bridgehead atoms. The van der Waals surface area contributed by atoms with Crippen LogP contribution in [0.2, 0.25) is 0 Å². The number of hydrogen-bond acceptors (Lipinski definition) is 4. The van der Waals surface area contributed by atoms with Crippen molar-refractivity contribution < 1.29 is 0 Å². The van der Waals surface area contributed by atoms with Crippen LogP contribution in [0.3, 0.4) is 0 Å². The minimum Gasteiger partial charge on any atom is -0.249 e. The van der Waals surface area contributed by atoms with E-state index in [1.54, 1.807) is 0 Å². The third-order valence-electron chi connectivity index (χ3n) is 5.84. The van der Waals surface area contributed by atoms with E-state index in [2.05, 4.69) is 48.3 Å². The molecule has 0 radical (unpaired) electrons. The fraction of sp³-hybridized carbons (Fsp3) is 0.0714. The zero-order valence-corrected chi connectivity index (χ0v) is 17.6. The quantitative estimate of drug-likeness (QED) is 0.594. The maximum absolute atomic E-state index is 4.94. The molecule has 0 saturated carbocycles. The summed E-state index contributed by atoms with van der Waals surface area (Å²) < 4.78 is 0. The number of hydrogen-bond donors (Lipinski definition) is 0. The second kappa shape index (κ2) is 7.50. The average Bonchev–Trinajstić information content (AvgIpc) is 3.59. The van der Waals surface area contributed by atoms with Gasteiger partial charge in [0.2, 0.25) is 0 Å². The second-order valence-corrected chi connectivity index (χ2v) is 8.12. The fourth-order valence-corrected chi connectivity index (χ4v) is 4.19. The first kappa shape index (κ1) is 18.6. The molecule has 5 heterocycles. The Morgan fingerprint density at radius 1 is 0.531 bits per heavy atom. The number of aliphatic imine (C=N–C) groups is 4. The number of allylic oxidation sites excluding steroid dienone is 12. The van der Waals surface area contributed by atoms with Crippen LogP contribution in [-0.4, -0.2) is 22.8 Å². The van der Waals surface area contributed by atoms with Gasteiger partial charge in [-0.2, -0.15) is 0 Å². The predicted octanol–water partition coefficient (Wildman–Crippen LogP) is 5.75. The molecule has 152 valence electrons. The minimum absolute atomic E-state index is 0.211. The van der Waals surface area contributed by atoms with Crippen LogP contribution in [0.4, 0.5) is 0 Å². The van der Waals surface area contributed by atoms with Crippen LogP contribution in [0.5, 0.6) is 0 Å². The number of fused-ring (bicyclic) bond motifs is 4. The molecule has 5 aliphatic rings. The molecule has 4 heteroatoms. The topological polar surface area (TPSA) is 49.4 Å². The van der Waals surface area contributed by atoms with E-state index in [0.717, 1.165) is 45.6 Å². The van der Waals surface area contributed by atoms with Gasteiger partial charge in [-0.15, -0.1) is 0 Å². The first-order valence-electron chi connectivity index (χ1n) is 10.7. The van der Waals surface area contributed by atoms with Crippen molar-refractivity contribution in [2.45, 2.75) is 12.8 Å². The molecule has 0 aromatic heterocycles. The van der Waals surface area contributed by atoms with Crippen LogP contribution in [0.15, 0.2) is 145 Å². The molecule has 0 amide bonds. The monoisotopic (exact) mass is 412 g/mol. The van der Waals surface area contributed by atoms with E-state index in [4.69, 9.17) is 15.0 Å². The van der Waals surface area contributed by atoms with Crippen molar-refractivity contribution in [1.29, 1.82) is 0 Å². The summed E-state index contributed by atoms with van der Waals surface area (Å²) in [5.41, 5.74) is 9.61. The summed E-state index contributed by atoms with van der Waals surface area (Å²) >= 11 is 0. The molecular formula is C28H20N4. The molecule has 1 aromatic carbocycles. The summed E-state index contributed by atoms with van der Waals surface area (Å²) in [7, 11) is 0. The van der Waals surface area contributed by atoms with Crippen molar-refractivity contribution in [3.8, 4) is 0 Å². The van der Waals surface area contributed by atoms with Crippen molar-refractivity contribution in [2.24, 2.45) is 20.0 Å². The highest BCUT2D eigenvalue weighted by Gasteiger charge is 2.22.